The molecule has 1 atom stereocenters. The van der Waals surface area contributed by atoms with Crippen LogP contribution < -0.4 is 0 Å². The normalized spacial score (nSPS) is 13.8. The van der Waals surface area contributed by atoms with Crippen LogP contribution in [0.4, 0.5) is 0 Å². The van der Waals surface area contributed by atoms with E-state index in [4.69, 9.17) is 4.52 Å². The van der Waals surface area contributed by atoms with Gasteiger partial charge in [-0.1, -0.05) is 195 Å². The fourth-order valence-corrected chi connectivity index (χ4v) is 7.27. The number of benzene rings is 1. The molecule has 0 aliphatic carbocycles. The number of hydrogen-bond donors (Lipinski definition) is 2. The van der Waals surface area contributed by atoms with E-state index in [0.717, 1.165) is 29.5 Å². The Kier molecular flexibility index (Phi) is 21.2. The van der Waals surface area contributed by atoms with Gasteiger partial charge in [0.2, 0.25) is 0 Å². The first-order valence-corrected chi connectivity index (χ1v) is 20.4. The van der Waals surface area contributed by atoms with Crippen LogP contribution in [-0.4, -0.2) is 16.6 Å². The molecule has 5 heteroatoms. The zero-order chi connectivity index (χ0) is 32.9. The highest BCUT2D eigenvalue weighted by Gasteiger charge is 2.29. The third kappa shape index (κ3) is 19.6. The largest absolute Gasteiger partial charge is 0.507 e. The van der Waals surface area contributed by atoms with E-state index < -0.39 is 7.60 Å². The second-order valence-electron chi connectivity index (χ2n) is 15.6. The molecular weight excluding hydrogens is 563 g/mol. The molecule has 0 amide bonds. The van der Waals surface area contributed by atoms with Crippen molar-refractivity contribution in [3.05, 3.63) is 28.8 Å². The molecule has 0 aromatic heterocycles. The molecule has 2 N–H and O–H groups in total. The summed E-state index contributed by atoms with van der Waals surface area (Å²) in [7, 11) is -3.75. The SMILES string of the molecule is CCCCCCCCCCCCCCCCCCCCCCCCOP(=O)(O)Cc1cc(C(C)(C)C)c(O)c(C(C)(C)C)c1. The highest BCUT2D eigenvalue weighted by atomic mass is 31.2. The van der Waals surface area contributed by atoms with Crippen molar-refractivity contribution in [3.8, 4) is 5.75 Å². The minimum absolute atomic E-state index is 0.0290. The van der Waals surface area contributed by atoms with Gasteiger partial charge in [0.1, 0.15) is 5.75 Å². The highest BCUT2D eigenvalue weighted by molar-refractivity contribution is 7.51. The summed E-state index contributed by atoms with van der Waals surface area (Å²) >= 11 is 0. The molecule has 0 spiro atoms. The molecule has 0 heterocycles. The molecule has 0 saturated heterocycles. The Morgan fingerprint density at radius 1 is 0.568 bits per heavy atom. The Bertz CT molecular complexity index is 877. The maximum absolute atomic E-state index is 12.9. The van der Waals surface area contributed by atoms with Crippen LogP contribution in [0.15, 0.2) is 12.1 Å². The Morgan fingerprint density at radius 2 is 0.864 bits per heavy atom. The maximum atomic E-state index is 12.9. The van der Waals surface area contributed by atoms with Gasteiger partial charge in [0, 0.05) is 0 Å². The van der Waals surface area contributed by atoms with Crippen LogP contribution in [0, 0.1) is 0 Å². The lowest BCUT2D eigenvalue weighted by Gasteiger charge is -2.28. The molecule has 1 aromatic rings. The van der Waals surface area contributed by atoms with Crippen molar-refractivity contribution < 1.29 is 19.1 Å². The lowest BCUT2D eigenvalue weighted by Crippen LogP contribution is -2.18. The second-order valence-corrected chi connectivity index (χ2v) is 17.4. The quantitative estimate of drug-likeness (QED) is 0.0784. The molecule has 4 nitrogen and oxygen atoms in total. The van der Waals surface area contributed by atoms with Gasteiger partial charge in [0.25, 0.3) is 0 Å². The molecule has 0 radical (unpaired) electrons. The first-order chi connectivity index (χ1) is 20.8. The molecule has 0 aliphatic heterocycles. The van der Waals surface area contributed by atoms with Gasteiger partial charge in [0.05, 0.1) is 12.8 Å². The first kappa shape index (κ1) is 41.2. The molecular formula is C39H73O4P. The van der Waals surface area contributed by atoms with Crippen molar-refractivity contribution >= 4 is 7.60 Å². The molecule has 44 heavy (non-hydrogen) atoms. The van der Waals surface area contributed by atoms with Crippen LogP contribution in [0.5, 0.6) is 5.75 Å². The number of rotatable bonds is 26. The lowest BCUT2D eigenvalue weighted by molar-refractivity contribution is 0.251. The maximum Gasteiger partial charge on any atom is 0.332 e. The van der Waals surface area contributed by atoms with Crippen molar-refractivity contribution in [2.75, 3.05) is 6.61 Å². The minimum Gasteiger partial charge on any atom is -0.507 e. The third-order valence-corrected chi connectivity index (χ3v) is 10.3. The molecule has 1 unspecified atom stereocenters. The van der Waals surface area contributed by atoms with E-state index >= 15 is 0 Å². The molecule has 0 saturated carbocycles. The molecule has 1 rings (SSSR count). The summed E-state index contributed by atoms with van der Waals surface area (Å²) in [4.78, 5) is 10.6. The van der Waals surface area contributed by atoms with E-state index in [1.54, 1.807) is 0 Å². The predicted molar refractivity (Wildman–Crippen MR) is 192 cm³/mol. The molecule has 0 bridgehead atoms. The topological polar surface area (TPSA) is 66.8 Å². The van der Waals surface area contributed by atoms with Crippen molar-refractivity contribution in [3.63, 3.8) is 0 Å². The van der Waals surface area contributed by atoms with Crippen LogP contribution in [0.2, 0.25) is 0 Å². The standard InChI is InChI=1S/C39H73O4P/c1-8-9-10-11-12-13-14-15-16-17-18-19-20-21-22-23-24-25-26-27-28-29-30-43-44(41,42)33-34-31-35(38(2,3)4)37(40)36(32-34)39(5,6)7/h31-32,40H,8-30,33H2,1-7H3,(H,41,42). The molecule has 258 valence electrons. The van der Waals surface area contributed by atoms with Crippen molar-refractivity contribution in [2.24, 2.45) is 0 Å². The van der Waals surface area contributed by atoms with E-state index in [1.165, 1.54) is 128 Å². The van der Waals surface area contributed by atoms with Crippen LogP contribution in [0.25, 0.3) is 0 Å². The monoisotopic (exact) mass is 637 g/mol. The number of unbranched alkanes of at least 4 members (excludes halogenated alkanes) is 21. The van der Waals surface area contributed by atoms with Crippen molar-refractivity contribution in [1.82, 2.24) is 0 Å². The number of phenolic OH excluding ortho intramolecular Hbond substituents is 1. The number of aromatic hydroxyl groups is 1. The second kappa shape index (κ2) is 22.7. The zero-order valence-electron chi connectivity index (χ0n) is 30.3. The fourth-order valence-electron chi connectivity index (χ4n) is 6.12. The van der Waals surface area contributed by atoms with Crippen LogP contribution in [0.3, 0.4) is 0 Å². The predicted octanol–water partition coefficient (Wildman–Crippen LogP) is 13.3. The van der Waals surface area contributed by atoms with Gasteiger partial charge >= 0.3 is 7.60 Å². The van der Waals surface area contributed by atoms with Crippen LogP contribution in [0.1, 0.15) is 206 Å². The lowest BCUT2D eigenvalue weighted by atomic mass is 9.78. The zero-order valence-corrected chi connectivity index (χ0v) is 31.2. The smallest absolute Gasteiger partial charge is 0.332 e. The van der Waals surface area contributed by atoms with Gasteiger partial charge < -0.3 is 14.5 Å². The summed E-state index contributed by atoms with van der Waals surface area (Å²) < 4.78 is 18.4. The summed E-state index contributed by atoms with van der Waals surface area (Å²) in [6.45, 7) is 14.9. The summed E-state index contributed by atoms with van der Waals surface area (Å²) in [5, 5.41) is 10.9. The van der Waals surface area contributed by atoms with Crippen molar-refractivity contribution in [2.45, 2.75) is 207 Å². The average molecular weight is 637 g/mol. The van der Waals surface area contributed by atoms with Crippen molar-refractivity contribution in [1.29, 1.82) is 0 Å². The summed E-state index contributed by atoms with van der Waals surface area (Å²) in [5.74, 6) is 0.289. The summed E-state index contributed by atoms with van der Waals surface area (Å²) in [6, 6.07) is 3.74. The molecule has 1 aromatic carbocycles. The van der Waals surface area contributed by atoms with E-state index in [1.807, 2.05) is 53.7 Å². The average Bonchev–Trinajstić information content (AvgIpc) is 2.93. The van der Waals surface area contributed by atoms with Gasteiger partial charge in [-0.05, 0) is 33.9 Å². The fraction of sp³-hybridized carbons (Fsp3) is 0.846. The minimum atomic E-state index is -3.75. The summed E-state index contributed by atoms with van der Waals surface area (Å²) in [6.07, 6.45) is 29.6. The van der Waals surface area contributed by atoms with E-state index in [0.29, 0.717) is 6.61 Å². The summed E-state index contributed by atoms with van der Waals surface area (Å²) in [5.41, 5.74) is 1.81. The Balaban J connectivity index is 2.06. The number of phenols is 1. The van der Waals surface area contributed by atoms with Gasteiger partial charge in [-0.3, -0.25) is 4.57 Å². The van der Waals surface area contributed by atoms with Crippen LogP contribution >= 0.6 is 7.60 Å². The van der Waals surface area contributed by atoms with E-state index in [9.17, 15) is 14.6 Å². The molecule has 0 aliphatic rings. The van der Waals surface area contributed by atoms with Gasteiger partial charge in [-0.2, -0.15) is 0 Å². The molecule has 0 fully saturated rings. The Labute approximate surface area is 274 Å². The van der Waals surface area contributed by atoms with E-state index in [2.05, 4.69) is 6.92 Å². The van der Waals surface area contributed by atoms with Gasteiger partial charge in [-0.15, -0.1) is 0 Å². The number of hydrogen-bond acceptors (Lipinski definition) is 3. The highest BCUT2D eigenvalue weighted by Crippen LogP contribution is 2.48. The van der Waals surface area contributed by atoms with Crippen LogP contribution in [-0.2, 0) is 26.1 Å². The third-order valence-electron chi connectivity index (χ3n) is 8.96. The first-order valence-electron chi connectivity index (χ1n) is 18.6. The Hall–Kier alpha value is -0.830. The Morgan fingerprint density at radius 3 is 1.16 bits per heavy atom. The van der Waals surface area contributed by atoms with Gasteiger partial charge in [-0.25, -0.2) is 0 Å². The van der Waals surface area contributed by atoms with Gasteiger partial charge in [0.15, 0.2) is 0 Å². The van der Waals surface area contributed by atoms with E-state index in [-0.39, 0.29) is 22.7 Å².